The predicted octanol–water partition coefficient (Wildman–Crippen LogP) is 3.99. The van der Waals surface area contributed by atoms with Crippen molar-refractivity contribution in [2.75, 3.05) is 12.8 Å². The van der Waals surface area contributed by atoms with Crippen LogP contribution in [0.4, 0.5) is 4.39 Å². The third-order valence-electron chi connectivity index (χ3n) is 3.42. The van der Waals surface area contributed by atoms with Gasteiger partial charge >= 0.3 is 0 Å². The summed E-state index contributed by atoms with van der Waals surface area (Å²) in [4.78, 5) is 2.86. The molecule has 1 aliphatic rings. The van der Waals surface area contributed by atoms with E-state index in [2.05, 4.69) is 11.4 Å². The predicted molar refractivity (Wildman–Crippen MR) is 81.5 cm³/mol. The van der Waals surface area contributed by atoms with Gasteiger partial charge in [0.1, 0.15) is 5.82 Å². The van der Waals surface area contributed by atoms with Gasteiger partial charge in [0.15, 0.2) is 0 Å². The van der Waals surface area contributed by atoms with Gasteiger partial charge in [0, 0.05) is 15.5 Å². The summed E-state index contributed by atoms with van der Waals surface area (Å²) in [7, 11) is 1.96. The number of thioether (sulfide) groups is 1. The van der Waals surface area contributed by atoms with E-state index in [0.29, 0.717) is 0 Å². The fraction of sp³-hybridized carbons (Fsp3) is 0.333. The van der Waals surface area contributed by atoms with E-state index in [1.54, 1.807) is 0 Å². The maximum absolute atomic E-state index is 13.0. The van der Waals surface area contributed by atoms with Crippen molar-refractivity contribution in [3.8, 4) is 0 Å². The Morgan fingerprint density at radius 3 is 2.74 bits per heavy atom. The first-order valence-corrected chi connectivity index (χ1v) is 8.37. The summed E-state index contributed by atoms with van der Waals surface area (Å²) in [6, 6.07) is 9.28. The Kier molecular flexibility index (Phi) is 3.91. The van der Waals surface area contributed by atoms with E-state index >= 15 is 0 Å². The van der Waals surface area contributed by atoms with Crippen molar-refractivity contribution in [1.82, 2.24) is 5.32 Å². The van der Waals surface area contributed by atoms with Crippen LogP contribution in [-0.2, 0) is 12.2 Å². The first-order valence-electron chi connectivity index (χ1n) is 6.40. The zero-order valence-electron chi connectivity index (χ0n) is 10.8. The highest BCUT2D eigenvalue weighted by atomic mass is 32.2. The Morgan fingerprint density at radius 1 is 1.26 bits per heavy atom. The van der Waals surface area contributed by atoms with Crippen LogP contribution in [0.5, 0.6) is 0 Å². The molecule has 0 bridgehead atoms. The van der Waals surface area contributed by atoms with Crippen LogP contribution in [0, 0.1) is 5.82 Å². The molecule has 2 aromatic rings. The van der Waals surface area contributed by atoms with Crippen molar-refractivity contribution < 1.29 is 4.39 Å². The summed E-state index contributed by atoms with van der Waals surface area (Å²) >= 11 is 3.90. The number of fused-ring (bicyclic) bond motifs is 1. The maximum Gasteiger partial charge on any atom is 0.123 e. The molecule has 0 fully saturated rings. The quantitative estimate of drug-likeness (QED) is 0.918. The molecule has 3 rings (SSSR count). The topological polar surface area (TPSA) is 12.0 Å². The first-order chi connectivity index (χ1) is 9.28. The summed E-state index contributed by atoms with van der Waals surface area (Å²) in [5, 5.41) is 3.34. The number of benzene rings is 1. The number of nitrogens with one attached hydrogen (secondary N) is 1. The number of hydrogen-bond donors (Lipinski definition) is 1. The van der Waals surface area contributed by atoms with Crippen LogP contribution in [0.3, 0.4) is 0 Å². The molecule has 1 N–H and O–H groups in total. The molecule has 1 aliphatic heterocycles. The van der Waals surface area contributed by atoms with Crippen molar-refractivity contribution in [2.45, 2.75) is 18.2 Å². The van der Waals surface area contributed by atoms with Gasteiger partial charge in [-0.25, -0.2) is 4.39 Å². The fourth-order valence-corrected chi connectivity index (χ4v) is 4.96. The second-order valence-electron chi connectivity index (χ2n) is 4.67. The molecule has 100 valence electrons. The van der Waals surface area contributed by atoms with Crippen LogP contribution >= 0.6 is 23.1 Å². The van der Waals surface area contributed by atoms with Crippen LogP contribution in [0.1, 0.15) is 26.9 Å². The van der Waals surface area contributed by atoms with E-state index in [-0.39, 0.29) is 11.9 Å². The van der Waals surface area contributed by atoms with Gasteiger partial charge in [-0.2, -0.15) is 11.8 Å². The zero-order valence-corrected chi connectivity index (χ0v) is 12.4. The number of aryl methyl sites for hydroxylation is 1. The molecule has 0 saturated carbocycles. The highest BCUT2D eigenvalue weighted by Crippen LogP contribution is 2.36. The summed E-state index contributed by atoms with van der Waals surface area (Å²) in [5.41, 5.74) is 2.61. The molecule has 1 unspecified atom stereocenters. The molecule has 0 aliphatic carbocycles. The number of thiophene rings is 1. The van der Waals surface area contributed by atoms with E-state index in [0.717, 1.165) is 11.3 Å². The molecule has 0 spiro atoms. The lowest BCUT2D eigenvalue weighted by Gasteiger charge is -2.14. The summed E-state index contributed by atoms with van der Waals surface area (Å²) in [6.45, 7) is 0. The van der Waals surface area contributed by atoms with Crippen molar-refractivity contribution in [2.24, 2.45) is 0 Å². The van der Waals surface area contributed by atoms with E-state index in [4.69, 9.17) is 0 Å². The smallest absolute Gasteiger partial charge is 0.123 e. The molecule has 0 amide bonds. The van der Waals surface area contributed by atoms with Crippen molar-refractivity contribution >= 4 is 23.1 Å². The minimum Gasteiger partial charge on any atom is -0.309 e. The first kappa shape index (κ1) is 13.2. The minimum absolute atomic E-state index is 0.168. The van der Waals surface area contributed by atoms with Gasteiger partial charge in [0.25, 0.3) is 0 Å². The standard InChI is InChI=1S/C15H16FNS2/c1-17-15(10-2-4-12(16)5-3-10)14-8-11-9-18-7-6-13(11)19-14/h2-5,8,15,17H,6-7,9H2,1H3. The molecule has 1 aromatic heterocycles. The molecule has 4 heteroatoms. The Balaban J connectivity index is 1.93. The summed E-state index contributed by atoms with van der Waals surface area (Å²) in [6.07, 6.45) is 1.19. The second-order valence-corrected chi connectivity index (χ2v) is 6.95. The normalized spacial score (nSPS) is 16.1. The van der Waals surface area contributed by atoms with Gasteiger partial charge in [-0.15, -0.1) is 11.3 Å². The highest BCUT2D eigenvalue weighted by Gasteiger charge is 2.19. The second kappa shape index (κ2) is 5.65. The van der Waals surface area contributed by atoms with Crippen LogP contribution in [0.2, 0.25) is 0 Å². The molecule has 1 atom stereocenters. The maximum atomic E-state index is 13.0. The Bertz CT molecular complexity index is 539. The van der Waals surface area contributed by atoms with E-state index in [9.17, 15) is 4.39 Å². The molecule has 0 radical (unpaired) electrons. The summed E-state index contributed by atoms with van der Waals surface area (Å²) < 4.78 is 13.0. The summed E-state index contributed by atoms with van der Waals surface area (Å²) in [5.74, 6) is 2.18. The molecular weight excluding hydrogens is 277 g/mol. The number of halogens is 1. The van der Waals surface area contributed by atoms with Crippen LogP contribution in [0.15, 0.2) is 30.3 Å². The molecule has 1 nitrogen and oxygen atoms in total. The van der Waals surface area contributed by atoms with Gasteiger partial charge in [0.05, 0.1) is 6.04 Å². The van der Waals surface area contributed by atoms with Gasteiger partial charge in [0.2, 0.25) is 0 Å². The lowest BCUT2D eigenvalue weighted by Crippen LogP contribution is -2.16. The van der Waals surface area contributed by atoms with Crippen molar-refractivity contribution in [1.29, 1.82) is 0 Å². The van der Waals surface area contributed by atoms with Crippen LogP contribution in [-0.4, -0.2) is 12.8 Å². The van der Waals surface area contributed by atoms with Crippen LogP contribution < -0.4 is 5.32 Å². The van der Waals surface area contributed by atoms with Crippen LogP contribution in [0.25, 0.3) is 0 Å². The Morgan fingerprint density at radius 2 is 2.05 bits per heavy atom. The van der Waals surface area contributed by atoms with Gasteiger partial charge < -0.3 is 5.32 Å². The molecule has 2 heterocycles. The molecule has 0 saturated heterocycles. The third-order valence-corrected chi connectivity index (χ3v) is 5.73. The third kappa shape index (κ3) is 2.71. The zero-order chi connectivity index (χ0) is 13.2. The average Bonchev–Trinajstić information content (AvgIpc) is 2.85. The highest BCUT2D eigenvalue weighted by molar-refractivity contribution is 7.98. The average molecular weight is 293 g/mol. The molecule has 1 aromatic carbocycles. The number of rotatable bonds is 3. The van der Waals surface area contributed by atoms with E-state index in [1.165, 1.54) is 39.6 Å². The largest absolute Gasteiger partial charge is 0.309 e. The SMILES string of the molecule is CNC(c1ccc(F)cc1)c1cc2c(s1)CCSC2. The fourth-order valence-electron chi connectivity index (χ4n) is 2.44. The van der Waals surface area contributed by atoms with Gasteiger partial charge in [-0.05, 0) is 48.5 Å². The lowest BCUT2D eigenvalue weighted by molar-refractivity contribution is 0.624. The molecule has 19 heavy (non-hydrogen) atoms. The van der Waals surface area contributed by atoms with E-state index in [1.807, 2.05) is 42.3 Å². The van der Waals surface area contributed by atoms with E-state index < -0.39 is 0 Å². The molecular formula is C15H16FNS2. The monoisotopic (exact) mass is 293 g/mol. The lowest BCUT2D eigenvalue weighted by atomic mass is 10.0. The Hall–Kier alpha value is -0.840. The minimum atomic E-state index is -0.180. The van der Waals surface area contributed by atoms with Gasteiger partial charge in [-0.3, -0.25) is 0 Å². The van der Waals surface area contributed by atoms with Crippen molar-refractivity contribution in [3.05, 3.63) is 57.0 Å². The van der Waals surface area contributed by atoms with Crippen molar-refractivity contribution in [3.63, 3.8) is 0 Å². The Labute approximate surface area is 121 Å². The number of hydrogen-bond acceptors (Lipinski definition) is 3. The van der Waals surface area contributed by atoms with Gasteiger partial charge in [-0.1, -0.05) is 12.1 Å².